The van der Waals surface area contributed by atoms with Gasteiger partial charge in [0.1, 0.15) is 0 Å². The highest BCUT2D eigenvalue weighted by molar-refractivity contribution is 5.95. The van der Waals surface area contributed by atoms with Crippen LogP contribution in [0.25, 0.3) is 0 Å². The molecule has 0 N–H and O–H groups in total. The number of fused-ring (bicyclic) bond motifs is 3. The van der Waals surface area contributed by atoms with Crippen molar-refractivity contribution in [2.24, 2.45) is 0 Å². The molecule has 0 spiro atoms. The fourth-order valence-corrected chi connectivity index (χ4v) is 3.77. The van der Waals surface area contributed by atoms with E-state index in [0.717, 1.165) is 12.1 Å². The van der Waals surface area contributed by atoms with Crippen LogP contribution in [0.2, 0.25) is 0 Å². The van der Waals surface area contributed by atoms with Gasteiger partial charge in [-0.15, -0.1) is 0 Å². The summed E-state index contributed by atoms with van der Waals surface area (Å²) in [5.74, 6) is 0.188. The number of carbonyl (C=O) groups is 1. The molecule has 2 aliphatic rings. The van der Waals surface area contributed by atoms with E-state index in [9.17, 15) is 4.79 Å². The van der Waals surface area contributed by atoms with Crippen molar-refractivity contribution in [3.05, 3.63) is 29.8 Å². The van der Waals surface area contributed by atoms with Crippen molar-refractivity contribution in [2.75, 3.05) is 4.90 Å². The lowest BCUT2D eigenvalue weighted by atomic mass is 9.69. The first-order valence-electron chi connectivity index (χ1n) is 6.54. The lowest BCUT2D eigenvalue weighted by Gasteiger charge is -2.39. The van der Waals surface area contributed by atoms with E-state index in [2.05, 4.69) is 25.1 Å². The normalized spacial score (nSPS) is 30.9. The van der Waals surface area contributed by atoms with Crippen LogP contribution < -0.4 is 4.90 Å². The van der Waals surface area contributed by atoms with Gasteiger partial charge in [-0.1, -0.05) is 38.0 Å². The molecule has 1 saturated carbocycles. The first-order chi connectivity index (χ1) is 8.14. The molecule has 2 nitrogen and oxygen atoms in total. The predicted octanol–water partition coefficient (Wildman–Crippen LogP) is 3.25. The fourth-order valence-electron chi connectivity index (χ4n) is 3.77. The van der Waals surface area contributed by atoms with E-state index in [1.807, 2.05) is 11.0 Å². The number of nitrogens with zero attached hydrogens (tertiary/aromatic N) is 1. The van der Waals surface area contributed by atoms with Gasteiger partial charge in [0.25, 0.3) is 0 Å². The Morgan fingerprint density at radius 2 is 2.12 bits per heavy atom. The van der Waals surface area contributed by atoms with Crippen LogP contribution in [-0.2, 0) is 10.2 Å². The van der Waals surface area contributed by atoms with Crippen LogP contribution >= 0.6 is 0 Å². The van der Waals surface area contributed by atoms with Crippen LogP contribution in [0.15, 0.2) is 24.3 Å². The Morgan fingerprint density at radius 1 is 1.35 bits per heavy atom. The summed E-state index contributed by atoms with van der Waals surface area (Å²) in [6, 6.07) is 8.82. The molecule has 0 radical (unpaired) electrons. The number of para-hydroxylation sites is 1. The highest BCUT2D eigenvalue weighted by Crippen LogP contribution is 2.51. The number of benzene rings is 1. The molecule has 1 aromatic carbocycles. The zero-order chi connectivity index (χ0) is 12.0. The van der Waals surface area contributed by atoms with Gasteiger partial charge in [-0.25, -0.2) is 0 Å². The van der Waals surface area contributed by atoms with Gasteiger partial charge in [0.15, 0.2) is 0 Å². The van der Waals surface area contributed by atoms with Gasteiger partial charge in [0.05, 0.1) is 0 Å². The molecule has 1 heterocycles. The van der Waals surface area contributed by atoms with Crippen LogP contribution in [0.3, 0.4) is 0 Å². The molecule has 17 heavy (non-hydrogen) atoms. The van der Waals surface area contributed by atoms with E-state index >= 15 is 0 Å². The SMILES string of the molecule is CC(=O)N1c2ccccc2[C@@]2(C)CCCC[C@H]12. The van der Waals surface area contributed by atoms with E-state index in [1.165, 1.54) is 24.8 Å². The smallest absolute Gasteiger partial charge is 0.224 e. The van der Waals surface area contributed by atoms with Gasteiger partial charge in [-0.2, -0.15) is 0 Å². The Morgan fingerprint density at radius 3 is 2.88 bits per heavy atom. The number of hydrogen-bond acceptors (Lipinski definition) is 1. The summed E-state index contributed by atoms with van der Waals surface area (Å²) < 4.78 is 0. The molecule has 90 valence electrons. The minimum Gasteiger partial charge on any atom is -0.308 e. The first kappa shape index (κ1) is 10.8. The lowest BCUT2D eigenvalue weighted by molar-refractivity contribution is -0.117. The van der Waals surface area contributed by atoms with Crippen LogP contribution in [0.1, 0.15) is 45.1 Å². The fraction of sp³-hybridized carbons (Fsp3) is 0.533. The molecule has 2 atom stereocenters. The molecule has 0 bridgehead atoms. The Bertz CT molecular complexity index is 468. The number of hydrogen-bond donors (Lipinski definition) is 0. The molecule has 2 heteroatoms. The zero-order valence-electron chi connectivity index (χ0n) is 10.6. The van der Waals surface area contributed by atoms with E-state index in [1.54, 1.807) is 6.92 Å². The first-order valence-corrected chi connectivity index (χ1v) is 6.54. The van der Waals surface area contributed by atoms with Crippen molar-refractivity contribution < 1.29 is 4.79 Å². The summed E-state index contributed by atoms with van der Waals surface area (Å²) in [4.78, 5) is 14.0. The Balaban J connectivity index is 2.18. The summed E-state index contributed by atoms with van der Waals surface area (Å²) in [5, 5.41) is 0. The third-order valence-corrected chi connectivity index (χ3v) is 4.59. The highest BCUT2D eigenvalue weighted by atomic mass is 16.2. The number of carbonyl (C=O) groups excluding carboxylic acids is 1. The van der Waals surface area contributed by atoms with Crippen molar-refractivity contribution in [2.45, 2.75) is 51.0 Å². The standard InChI is InChI=1S/C15H19NO/c1-11(17)16-13-8-4-3-7-12(13)15(2)10-6-5-9-14(15)16/h3-4,7-8,14H,5-6,9-10H2,1-2H3/t14-,15+/m0/s1. The highest BCUT2D eigenvalue weighted by Gasteiger charge is 2.49. The van der Waals surface area contributed by atoms with Crippen molar-refractivity contribution in [3.63, 3.8) is 0 Å². The average Bonchev–Trinajstić information content (AvgIpc) is 2.59. The number of anilines is 1. The van der Waals surface area contributed by atoms with Crippen LogP contribution in [0, 0.1) is 0 Å². The molecule has 3 rings (SSSR count). The third-order valence-electron chi connectivity index (χ3n) is 4.59. The molecule has 0 saturated heterocycles. The summed E-state index contributed by atoms with van der Waals surface area (Å²) >= 11 is 0. The molecule has 1 amide bonds. The summed E-state index contributed by atoms with van der Waals surface area (Å²) in [6.07, 6.45) is 4.88. The molecule has 1 aromatic rings. The predicted molar refractivity (Wildman–Crippen MR) is 69.2 cm³/mol. The molecule has 1 aliphatic carbocycles. The molecule has 0 aromatic heterocycles. The molecular weight excluding hydrogens is 210 g/mol. The van der Waals surface area contributed by atoms with E-state index in [-0.39, 0.29) is 11.3 Å². The van der Waals surface area contributed by atoms with Gasteiger partial charge < -0.3 is 4.90 Å². The van der Waals surface area contributed by atoms with Gasteiger partial charge in [0, 0.05) is 24.1 Å². The number of amides is 1. The summed E-state index contributed by atoms with van der Waals surface area (Å²) in [5.41, 5.74) is 2.70. The quantitative estimate of drug-likeness (QED) is 0.668. The molecular formula is C15H19NO. The lowest BCUT2D eigenvalue weighted by Crippen LogP contribution is -2.47. The number of rotatable bonds is 0. The topological polar surface area (TPSA) is 20.3 Å². The summed E-state index contributed by atoms with van der Waals surface area (Å²) in [6.45, 7) is 4.02. The Kier molecular flexibility index (Phi) is 2.29. The minimum atomic E-state index is 0.181. The second-order valence-electron chi connectivity index (χ2n) is 5.59. The van der Waals surface area contributed by atoms with Crippen molar-refractivity contribution >= 4 is 11.6 Å². The molecule has 0 unspecified atom stereocenters. The summed E-state index contributed by atoms with van der Waals surface area (Å²) in [7, 11) is 0. The zero-order valence-corrected chi connectivity index (χ0v) is 10.6. The Hall–Kier alpha value is -1.31. The van der Waals surface area contributed by atoms with Gasteiger partial charge in [-0.05, 0) is 24.5 Å². The second kappa shape index (κ2) is 3.59. The van der Waals surface area contributed by atoms with Gasteiger partial charge in [0.2, 0.25) is 5.91 Å². The molecule has 1 fully saturated rings. The molecule has 1 aliphatic heterocycles. The van der Waals surface area contributed by atoms with Crippen LogP contribution in [0.4, 0.5) is 5.69 Å². The van der Waals surface area contributed by atoms with Crippen LogP contribution in [0.5, 0.6) is 0 Å². The van der Waals surface area contributed by atoms with E-state index in [4.69, 9.17) is 0 Å². The second-order valence-corrected chi connectivity index (χ2v) is 5.59. The van der Waals surface area contributed by atoms with E-state index < -0.39 is 0 Å². The average molecular weight is 229 g/mol. The maximum Gasteiger partial charge on any atom is 0.224 e. The van der Waals surface area contributed by atoms with Crippen molar-refractivity contribution in [3.8, 4) is 0 Å². The van der Waals surface area contributed by atoms with Crippen LogP contribution in [-0.4, -0.2) is 11.9 Å². The van der Waals surface area contributed by atoms with Gasteiger partial charge >= 0.3 is 0 Å². The maximum absolute atomic E-state index is 11.9. The third kappa shape index (κ3) is 1.36. The minimum absolute atomic E-state index is 0.181. The maximum atomic E-state index is 11.9. The largest absolute Gasteiger partial charge is 0.308 e. The Labute approximate surface area is 103 Å². The van der Waals surface area contributed by atoms with Crippen molar-refractivity contribution in [1.82, 2.24) is 0 Å². The van der Waals surface area contributed by atoms with E-state index in [0.29, 0.717) is 6.04 Å². The monoisotopic (exact) mass is 229 g/mol. The van der Waals surface area contributed by atoms with Gasteiger partial charge in [-0.3, -0.25) is 4.79 Å². The van der Waals surface area contributed by atoms with Crippen molar-refractivity contribution in [1.29, 1.82) is 0 Å².